The minimum absolute atomic E-state index is 0.0608. The molecule has 4 heteroatoms. The van der Waals surface area contributed by atoms with E-state index in [2.05, 4.69) is 56.4 Å². The van der Waals surface area contributed by atoms with Gasteiger partial charge < -0.3 is 14.2 Å². The van der Waals surface area contributed by atoms with Crippen LogP contribution in [0.3, 0.4) is 0 Å². The molecule has 2 unspecified atom stereocenters. The molecule has 1 fully saturated rings. The van der Waals surface area contributed by atoms with Crippen molar-refractivity contribution in [3.63, 3.8) is 0 Å². The molecule has 0 spiro atoms. The Kier molecular flexibility index (Phi) is 10.9. The van der Waals surface area contributed by atoms with Crippen LogP contribution >= 0.6 is 0 Å². The van der Waals surface area contributed by atoms with E-state index in [0.29, 0.717) is 19.1 Å². The SMILES string of the molecule is C=C(CC)C(CCC(C#C[Si](C)(C)C)CC#CCCC1OCCO1)OC. The van der Waals surface area contributed by atoms with Gasteiger partial charge in [-0.3, -0.25) is 0 Å². The Hall–Kier alpha value is -1.04. The van der Waals surface area contributed by atoms with Gasteiger partial charge in [-0.15, -0.1) is 23.3 Å². The van der Waals surface area contributed by atoms with Crippen LogP contribution < -0.4 is 0 Å². The molecule has 1 saturated heterocycles. The Labute approximate surface area is 161 Å². The summed E-state index contributed by atoms with van der Waals surface area (Å²) in [4.78, 5) is 0. The van der Waals surface area contributed by atoms with Gasteiger partial charge in [-0.25, -0.2) is 0 Å². The van der Waals surface area contributed by atoms with Gasteiger partial charge in [0.25, 0.3) is 0 Å². The van der Waals surface area contributed by atoms with Crippen molar-refractivity contribution in [3.05, 3.63) is 12.2 Å². The molecule has 0 bridgehead atoms. The molecule has 0 aromatic heterocycles. The highest BCUT2D eigenvalue weighted by Crippen LogP contribution is 2.19. The zero-order chi connectivity index (χ0) is 19.4. The summed E-state index contributed by atoms with van der Waals surface area (Å²) < 4.78 is 16.5. The molecule has 1 aliphatic rings. The molecule has 0 aliphatic carbocycles. The van der Waals surface area contributed by atoms with Crippen LogP contribution in [-0.4, -0.2) is 40.8 Å². The summed E-state index contributed by atoms with van der Waals surface area (Å²) in [6.45, 7) is 14.5. The van der Waals surface area contributed by atoms with Gasteiger partial charge >= 0.3 is 0 Å². The highest BCUT2D eigenvalue weighted by molar-refractivity contribution is 6.83. The van der Waals surface area contributed by atoms with Crippen LogP contribution in [0.4, 0.5) is 0 Å². The molecular formula is C22H36O3Si. The maximum atomic E-state index is 5.60. The molecular weight excluding hydrogens is 340 g/mol. The maximum absolute atomic E-state index is 5.60. The number of hydrogen-bond acceptors (Lipinski definition) is 3. The van der Waals surface area contributed by atoms with Crippen LogP contribution in [0.15, 0.2) is 12.2 Å². The fourth-order valence-corrected chi connectivity index (χ4v) is 3.30. The van der Waals surface area contributed by atoms with Crippen molar-refractivity contribution in [2.45, 2.75) is 77.5 Å². The molecule has 0 saturated carbocycles. The van der Waals surface area contributed by atoms with E-state index in [-0.39, 0.29) is 12.4 Å². The van der Waals surface area contributed by atoms with Crippen molar-refractivity contribution in [3.8, 4) is 23.3 Å². The standard InChI is InChI=1S/C22H36O3Si/c1-7-19(2)21(23-3)14-13-20(15-18-26(4,5)6)11-9-8-10-12-22-24-16-17-25-22/h20-22H,2,7,10-14,16-17H2,1,3-6H3. The molecule has 2 atom stereocenters. The molecule has 1 rings (SSSR count). The predicted molar refractivity (Wildman–Crippen MR) is 111 cm³/mol. The lowest BCUT2D eigenvalue weighted by atomic mass is 9.95. The summed E-state index contributed by atoms with van der Waals surface area (Å²) in [5.74, 6) is 10.4. The van der Waals surface area contributed by atoms with E-state index in [1.165, 1.54) is 0 Å². The number of rotatable bonds is 9. The molecule has 1 aliphatic heterocycles. The summed E-state index contributed by atoms with van der Waals surface area (Å²) in [6.07, 6.45) is 5.45. The first kappa shape index (κ1) is 23.0. The lowest BCUT2D eigenvalue weighted by Crippen LogP contribution is -2.18. The monoisotopic (exact) mass is 376 g/mol. The Balaban J connectivity index is 2.54. The first-order chi connectivity index (χ1) is 12.4. The van der Waals surface area contributed by atoms with Gasteiger partial charge in [-0.2, -0.15) is 0 Å². The summed E-state index contributed by atoms with van der Waals surface area (Å²) in [7, 11) is 0.388. The molecule has 3 nitrogen and oxygen atoms in total. The van der Waals surface area contributed by atoms with Gasteiger partial charge in [0.1, 0.15) is 8.07 Å². The van der Waals surface area contributed by atoms with Crippen molar-refractivity contribution in [2.75, 3.05) is 20.3 Å². The average Bonchev–Trinajstić information content (AvgIpc) is 3.11. The predicted octanol–water partition coefficient (Wildman–Crippen LogP) is 4.79. The lowest BCUT2D eigenvalue weighted by Gasteiger charge is -2.18. The van der Waals surface area contributed by atoms with Crippen LogP contribution in [-0.2, 0) is 14.2 Å². The highest BCUT2D eigenvalue weighted by atomic mass is 28.3. The average molecular weight is 377 g/mol. The second-order valence-corrected chi connectivity index (χ2v) is 12.5. The zero-order valence-corrected chi connectivity index (χ0v) is 18.3. The third kappa shape index (κ3) is 10.2. The van der Waals surface area contributed by atoms with E-state index in [9.17, 15) is 0 Å². The first-order valence-corrected chi connectivity index (χ1v) is 13.3. The van der Waals surface area contributed by atoms with Gasteiger partial charge in [0.2, 0.25) is 0 Å². The van der Waals surface area contributed by atoms with E-state index < -0.39 is 8.07 Å². The van der Waals surface area contributed by atoms with Crippen molar-refractivity contribution in [1.82, 2.24) is 0 Å². The van der Waals surface area contributed by atoms with Crippen molar-refractivity contribution >= 4 is 8.07 Å². The fourth-order valence-electron chi connectivity index (χ4n) is 2.66. The summed E-state index contributed by atoms with van der Waals surface area (Å²) in [5, 5.41) is 0. The second-order valence-electron chi connectivity index (χ2n) is 7.80. The summed E-state index contributed by atoms with van der Waals surface area (Å²) in [6, 6.07) is 0. The Morgan fingerprint density at radius 2 is 1.88 bits per heavy atom. The van der Waals surface area contributed by atoms with Crippen LogP contribution in [0, 0.1) is 29.2 Å². The molecule has 0 radical (unpaired) electrons. The largest absolute Gasteiger partial charge is 0.377 e. The van der Waals surface area contributed by atoms with E-state index in [1.807, 2.05) is 0 Å². The van der Waals surface area contributed by atoms with Crippen molar-refractivity contribution in [1.29, 1.82) is 0 Å². The van der Waals surface area contributed by atoms with E-state index in [0.717, 1.165) is 44.1 Å². The molecule has 26 heavy (non-hydrogen) atoms. The van der Waals surface area contributed by atoms with Gasteiger partial charge in [0.05, 0.1) is 19.3 Å². The third-order valence-electron chi connectivity index (χ3n) is 4.29. The third-order valence-corrected chi connectivity index (χ3v) is 5.19. The van der Waals surface area contributed by atoms with E-state index in [4.69, 9.17) is 14.2 Å². The first-order valence-electron chi connectivity index (χ1n) is 9.77. The van der Waals surface area contributed by atoms with Gasteiger partial charge in [-0.1, -0.05) is 33.1 Å². The number of ether oxygens (including phenoxy) is 3. The minimum Gasteiger partial charge on any atom is -0.377 e. The quantitative estimate of drug-likeness (QED) is 0.329. The minimum atomic E-state index is -1.38. The molecule has 1 heterocycles. The lowest BCUT2D eigenvalue weighted by molar-refractivity contribution is -0.0454. The van der Waals surface area contributed by atoms with Crippen LogP contribution in [0.2, 0.25) is 19.6 Å². The smallest absolute Gasteiger partial charge is 0.158 e. The number of hydrogen-bond donors (Lipinski definition) is 0. The van der Waals surface area contributed by atoms with Gasteiger partial charge in [0, 0.05) is 32.3 Å². The second kappa shape index (κ2) is 12.4. The Bertz CT molecular complexity index is 536. The number of methoxy groups -OCH3 is 1. The molecule has 0 amide bonds. The normalized spacial score (nSPS) is 17.0. The van der Waals surface area contributed by atoms with Gasteiger partial charge in [-0.05, 0) is 24.8 Å². The van der Waals surface area contributed by atoms with Crippen LogP contribution in [0.1, 0.15) is 45.4 Å². The molecule has 0 N–H and O–H groups in total. The molecule has 0 aromatic carbocycles. The Morgan fingerprint density at radius 3 is 2.46 bits per heavy atom. The van der Waals surface area contributed by atoms with E-state index in [1.54, 1.807) is 7.11 Å². The van der Waals surface area contributed by atoms with Crippen molar-refractivity contribution < 1.29 is 14.2 Å². The van der Waals surface area contributed by atoms with Crippen LogP contribution in [0.5, 0.6) is 0 Å². The molecule has 0 aromatic rings. The van der Waals surface area contributed by atoms with Gasteiger partial charge in [0.15, 0.2) is 6.29 Å². The van der Waals surface area contributed by atoms with Crippen LogP contribution in [0.25, 0.3) is 0 Å². The summed E-state index contributed by atoms with van der Waals surface area (Å²) in [5.41, 5.74) is 4.67. The summed E-state index contributed by atoms with van der Waals surface area (Å²) >= 11 is 0. The highest BCUT2D eigenvalue weighted by Gasteiger charge is 2.15. The molecule has 146 valence electrons. The topological polar surface area (TPSA) is 27.7 Å². The Morgan fingerprint density at radius 1 is 1.19 bits per heavy atom. The van der Waals surface area contributed by atoms with E-state index >= 15 is 0 Å². The van der Waals surface area contributed by atoms with Crippen molar-refractivity contribution in [2.24, 2.45) is 5.92 Å². The maximum Gasteiger partial charge on any atom is 0.158 e. The fraction of sp³-hybridized carbons (Fsp3) is 0.727. The zero-order valence-electron chi connectivity index (χ0n) is 17.3.